The van der Waals surface area contributed by atoms with E-state index in [0.29, 0.717) is 19.0 Å². The molecule has 0 aliphatic heterocycles. The van der Waals surface area contributed by atoms with Gasteiger partial charge in [0, 0.05) is 0 Å². The van der Waals surface area contributed by atoms with Crippen molar-refractivity contribution in [3.05, 3.63) is 29.8 Å². The van der Waals surface area contributed by atoms with Crippen molar-refractivity contribution in [2.45, 2.75) is 30.3 Å². The largest absolute Gasteiger partial charge is 0.416 e. The summed E-state index contributed by atoms with van der Waals surface area (Å²) in [4.78, 5) is -0.268. The second-order valence-corrected chi connectivity index (χ2v) is 7.31. The van der Waals surface area contributed by atoms with E-state index in [9.17, 15) is 21.6 Å². The highest BCUT2D eigenvalue weighted by atomic mass is 32.2. The minimum Gasteiger partial charge on any atom is -0.330 e. The van der Waals surface area contributed by atoms with Crippen molar-refractivity contribution in [3.63, 3.8) is 0 Å². The monoisotopic (exact) mass is 307 g/mol. The van der Waals surface area contributed by atoms with Gasteiger partial charge in [0.15, 0.2) is 9.84 Å². The average molecular weight is 307 g/mol. The molecular weight excluding hydrogens is 291 g/mol. The Hall–Kier alpha value is -1.08. The molecule has 1 aliphatic rings. The second-order valence-electron chi connectivity index (χ2n) is 5.32. The Morgan fingerprint density at radius 3 is 2.40 bits per heavy atom. The highest BCUT2D eigenvalue weighted by Gasteiger charge is 2.45. The zero-order valence-corrected chi connectivity index (χ0v) is 11.6. The maximum absolute atomic E-state index is 12.6. The smallest absolute Gasteiger partial charge is 0.330 e. The van der Waals surface area contributed by atoms with Gasteiger partial charge in [-0.25, -0.2) is 8.42 Å². The van der Waals surface area contributed by atoms with Gasteiger partial charge in [-0.15, -0.1) is 0 Å². The third-order valence-electron chi connectivity index (χ3n) is 3.65. The van der Waals surface area contributed by atoms with Crippen molar-refractivity contribution in [1.29, 1.82) is 0 Å². The molecule has 0 radical (unpaired) electrons. The molecule has 1 aliphatic carbocycles. The number of halogens is 3. The van der Waals surface area contributed by atoms with Gasteiger partial charge in [0.1, 0.15) is 0 Å². The maximum Gasteiger partial charge on any atom is 0.416 e. The number of rotatable bonds is 5. The van der Waals surface area contributed by atoms with Crippen molar-refractivity contribution in [2.75, 3.05) is 12.3 Å². The van der Waals surface area contributed by atoms with Crippen LogP contribution in [0, 0.1) is 5.41 Å². The minimum atomic E-state index is -4.54. The third kappa shape index (κ3) is 3.32. The standard InChI is InChI=1S/C13H16F3NO2S/c14-13(15,16)10-2-1-3-11(8-10)20(18,19)9-12(4-5-12)6-7-17/h1-3,8H,4-7,9,17H2. The summed E-state index contributed by atoms with van der Waals surface area (Å²) in [5.74, 6) is -0.126. The van der Waals surface area contributed by atoms with Crippen LogP contribution in [0.4, 0.5) is 13.2 Å². The average Bonchev–Trinajstić information content (AvgIpc) is 3.07. The predicted octanol–water partition coefficient (Wildman–Crippen LogP) is 2.61. The molecule has 2 N–H and O–H groups in total. The topological polar surface area (TPSA) is 60.2 Å². The van der Waals surface area contributed by atoms with E-state index in [1.54, 1.807) is 0 Å². The minimum absolute atomic E-state index is 0.126. The van der Waals surface area contributed by atoms with Gasteiger partial charge in [-0.2, -0.15) is 13.2 Å². The van der Waals surface area contributed by atoms with E-state index in [-0.39, 0.29) is 16.1 Å². The van der Waals surface area contributed by atoms with E-state index in [4.69, 9.17) is 5.73 Å². The fourth-order valence-electron chi connectivity index (χ4n) is 2.30. The molecule has 0 amide bonds. The highest BCUT2D eigenvalue weighted by molar-refractivity contribution is 7.91. The SMILES string of the molecule is NCCC1(CS(=O)(=O)c2cccc(C(F)(F)F)c2)CC1. The molecule has 0 unspecified atom stereocenters. The number of hydrogen-bond acceptors (Lipinski definition) is 3. The molecule has 7 heteroatoms. The summed E-state index contributed by atoms with van der Waals surface area (Å²) in [7, 11) is -3.72. The van der Waals surface area contributed by atoms with E-state index < -0.39 is 21.6 Å². The predicted molar refractivity (Wildman–Crippen MR) is 68.8 cm³/mol. The molecule has 0 spiro atoms. The van der Waals surface area contributed by atoms with E-state index >= 15 is 0 Å². The molecule has 3 nitrogen and oxygen atoms in total. The summed E-state index contributed by atoms with van der Waals surface area (Å²) < 4.78 is 62.3. The maximum atomic E-state index is 12.6. The molecule has 1 aromatic rings. The first kappa shape index (κ1) is 15.3. The molecule has 1 aromatic carbocycles. The lowest BCUT2D eigenvalue weighted by molar-refractivity contribution is -0.137. The van der Waals surface area contributed by atoms with Gasteiger partial charge in [-0.1, -0.05) is 6.07 Å². The zero-order chi connectivity index (χ0) is 15.0. The van der Waals surface area contributed by atoms with Crippen LogP contribution in [0.15, 0.2) is 29.2 Å². The van der Waals surface area contributed by atoms with E-state index in [1.165, 1.54) is 6.07 Å². The Labute approximate surface area is 115 Å². The quantitative estimate of drug-likeness (QED) is 0.909. The molecule has 1 saturated carbocycles. The van der Waals surface area contributed by atoms with Gasteiger partial charge in [0.2, 0.25) is 0 Å². The van der Waals surface area contributed by atoms with Crippen LogP contribution in [0.2, 0.25) is 0 Å². The van der Waals surface area contributed by atoms with Crippen LogP contribution < -0.4 is 5.73 Å². The first-order valence-corrected chi connectivity index (χ1v) is 7.94. The Kier molecular flexibility index (Phi) is 3.85. The molecule has 20 heavy (non-hydrogen) atoms. The zero-order valence-electron chi connectivity index (χ0n) is 10.8. The van der Waals surface area contributed by atoms with Gasteiger partial charge in [-0.05, 0) is 49.4 Å². The van der Waals surface area contributed by atoms with Crippen molar-refractivity contribution >= 4 is 9.84 Å². The summed E-state index contributed by atoms with van der Waals surface area (Å²) in [6.45, 7) is 0.387. The van der Waals surface area contributed by atoms with E-state index in [0.717, 1.165) is 25.0 Å². The van der Waals surface area contributed by atoms with Crippen molar-refractivity contribution < 1.29 is 21.6 Å². The summed E-state index contributed by atoms with van der Waals surface area (Å²) in [5.41, 5.74) is 4.18. The van der Waals surface area contributed by atoms with Crippen LogP contribution in [0.3, 0.4) is 0 Å². The molecule has 2 rings (SSSR count). The summed E-state index contributed by atoms with van der Waals surface area (Å²) >= 11 is 0. The molecule has 0 atom stereocenters. The Morgan fingerprint density at radius 1 is 1.25 bits per heavy atom. The Morgan fingerprint density at radius 2 is 1.90 bits per heavy atom. The molecule has 0 aromatic heterocycles. The summed E-state index contributed by atoms with van der Waals surface area (Å²) in [6.07, 6.45) is -2.42. The number of nitrogens with two attached hydrogens (primary N) is 1. The molecule has 0 bridgehead atoms. The fourth-order valence-corrected chi connectivity index (χ4v) is 4.30. The molecule has 0 heterocycles. The van der Waals surface area contributed by atoms with Crippen LogP contribution in [0.5, 0.6) is 0 Å². The van der Waals surface area contributed by atoms with Gasteiger partial charge in [0.05, 0.1) is 16.2 Å². The normalized spacial score (nSPS) is 18.0. The number of benzene rings is 1. The van der Waals surface area contributed by atoms with Crippen LogP contribution in [0.1, 0.15) is 24.8 Å². The number of alkyl halides is 3. The first-order valence-electron chi connectivity index (χ1n) is 6.29. The molecule has 1 fully saturated rings. The molecule has 112 valence electrons. The van der Waals surface area contributed by atoms with Crippen LogP contribution in [-0.2, 0) is 16.0 Å². The highest BCUT2D eigenvalue weighted by Crippen LogP contribution is 2.50. The third-order valence-corrected chi connectivity index (χ3v) is 5.61. The lowest BCUT2D eigenvalue weighted by atomic mass is 10.1. The number of sulfone groups is 1. The van der Waals surface area contributed by atoms with Crippen LogP contribution >= 0.6 is 0 Å². The first-order chi connectivity index (χ1) is 9.19. The Bertz CT molecular complexity index is 592. The van der Waals surface area contributed by atoms with Gasteiger partial charge in [-0.3, -0.25) is 0 Å². The van der Waals surface area contributed by atoms with Crippen molar-refractivity contribution in [1.82, 2.24) is 0 Å². The number of hydrogen-bond donors (Lipinski definition) is 1. The van der Waals surface area contributed by atoms with E-state index in [1.807, 2.05) is 0 Å². The summed E-state index contributed by atoms with van der Waals surface area (Å²) in [6, 6.07) is 3.90. The molecule has 0 saturated heterocycles. The van der Waals surface area contributed by atoms with Crippen LogP contribution in [0.25, 0.3) is 0 Å². The van der Waals surface area contributed by atoms with E-state index in [2.05, 4.69) is 0 Å². The lowest BCUT2D eigenvalue weighted by Crippen LogP contribution is -2.21. The van der Waals surface area contributed by atoms with Gasteiger partial charge >= 0.3 is 6.18 Å². The second kappa shape index (κ2) is 5.04. The summed E-state index contributed by atoms with van der Waals surface area (Å²) in [5, 5.41) is 0. The van der Waals surface area contributed by atoms with Crippen molar-refractivity contribution in [2.24, 2.45) is 11.1 Å². The Balaban J connectivity index is 2.26. The van der Waals surface area contributed by atoms with Gasteiger partial charge in [0.25, 0.3) is 0 Å². The van der Waals surface area contributed by atoms with Crippen LogP contribution in [-0.4, -0.2) is 20.7 Å². The lowest BCUT2D eigenvalue weighted by Gasteiger charge is -2.15. The fraction of sp³-hybridized carbons (Fsp3) is 0.538. The van der Waals surface area contributed by atoms with Crippen molar-refractivity contribution in [3.8, 4) is 0 Å². The van der Waals surface area contributed by atoms with Gasteiger partial charge < -0.3 is 5.73 Å². The molecular formula is C13H16F3NO2S.